The molecule has 0 atom stereocenters. The van der Waals surface area contributed by atoms with Crippen LogP contribution in [0.4, 0.5) is 0 Å². The van der Waals surface area contributed by atoms with Crippen molar-refractivity contribution < 1.29 is 18.1 Å². The lowest BCUT2D eigenvalue weighted by atomic mass is 9.62. The number of fused-ring (bicyclic) bond motifs is 16. The number of benzene rings is 14. The first-order valence-corrected chi connectivity index (χ1v) is 42.5. The van der Waals surface area contributed by atoms with Gasteiger partial charge in [-0.25, -0.2) is 29.9 Å². The first kappa shape index (κ1) is 74.5. The molecule has 5 heterocycles. The lowest BCUT2D eigenvalue weighted by molar-refractivity contribution is 0.00578. The van der Waals surface area contributed by atoms with Crippen molar-refractivity contribution in [1.82, 2.24) is 29.9 Å². The summed E-state index contributed by atoms with van der Waals surface area (Å²) in [5.74, 6) is 3.67. The smallest absolute Gasteiger partial charge is 0.456 e. The average Bonchev–Trinajstić information content (AvgIpc) is 1.55. The molecule has 14 aromatic carbocycles. The maximum absolute atomic E-state index is 6.49. The molecule has 12 heteroatoms. The van der Waals surface area contributed by atoms with Gasteiger partial charge >= 0.3 is 7.12 Å². The maximum atomic E-state index is 6.49. The summed E-state index contributed by atoms with van der Waals surface area (Å²) in [6.45, 7) is 8.56. The topological polar surface area (TPSA) is 122 Å². The van der Waals surface area contributed by atoms with Gasteiger partial charge in [-0.1, -0.05) is 311 Å². The van der Waals surface area contributed by atoms with E-state index in [4.69, 9.17) is 59.6 Å². The quantitative estimate of drug-likeness (QED) is 0.122. The summed E-state index contributed by atoms with van der Waals surface area (Å²) in [6, 6.07) is 114. The van der Waals surface area contributed by atoms with Crippen molar-refractivity contribution in [3.05, 3.63) is 355 Å². The molecule has 1 saturated heterocycles. The van der Waals surface area contributed by atoms with Gasteiger partial charge < -0.3 is 18.1 Å². The number of nitrogens with zero attached hydrogens (tertiary/aromatic N) is 6. The SMILES string of the molecule is CC1(C)OB(c2cccc3c2C2(CCCCC2)c2ccccc2-3)OC1(C)C.Clc1cccc(-c2cccc(-c3nc(-c4ccccc4)nc(-c4ccc5c(c4)oc4ccccc45)n3)c2)c1.c1ccc(-c2nc(-c3cccc(-c4cccc(-c5cccc6c5C5(CCCCC5)c5ccccc5-6)c4)c3)nc(-c3ccc4c(c3)oc3ccccc34)n2)cc1. The normalized spacial score (nSPS) is 15.6. The summed E-state index contributed by atoms with van der Waals surface area (Å²) in [6.07, 6.45) is 12.7. The molecule has 0 N–H and O–H groups in total. The summed E-state index contributed by atoms with van der Waals surface area (Å²) >= 11 is 6.26. The number of rotatable bonds is 10. The molecule has 4 aromatic heterocycles. The fourth-order valence-electron chi connectivity index (χ4n) is 19.6. The highest BCUT2D eigenvalue weighted by Crippen LogP contribution is 2.59. The molecule has 5 aliphatic rings. The van der Waals surface area contributed by atoms with Crippen LogP contribution in [0, 0.1) is 0 Å². The molecule has 4 aliphatic carbocycles. The molecule has 3 fully saturated rings. The Morgan fingerprint density at radius 3 is 1.07 bits per heavy atom. The second kappa shape index (κ2) is 30.4. The number of para-hydroxylation sites is 2. The van der Waals surface area contributed by atoms with E-state index in [0.717, 1.165) is 99.5 Å². The third-order valence-electron chi connectivity index (χ3n) is 26.0. The van der Waals surface area contributed by atoms with Crippen molar-refractivity contribution >= 4 is 68.1 Å². The lowest BCUT2D eigenvalue weighted by Gasteiger charge is -2.37. The standard InChI is InChI=1S/C51H37N3O.C33H20ClN3O.C24H29BO2/c1-3-14-33(15-4-1)48-52-49(54-50(53-48)38-26-27-42-41-21-6-8-25-45(41)55-46(42)32-38)37-19-12-17-35(31-37)34-16-11-18-36(30-34)39-22-13-23-43-40-20-5-7-24-44(40)51(47(39)43)28-9-2-10-29-51;34-26-13-7-11-23(19-26)22-10-6-12-24(18-22)32-35-31(21-8-2-1-3-9-21)36-33(37-32)25-16-17-28-27-14-4-5-15-29(27)38-30(28)20-25;1-22(2)23(3,4)27-25(26-22)20-14-10-12-18-17-11-6-7-13-19(17)24(21(18)20)15-8-5-9-16-24/h1,3-8,11-27,30-32H,2,9-10,28-29H2;1-20H;6-7,10-14H,5,8-9,15-16H2,1-4H3. The highest BCUT2D eigenvalue weighted by Gasteiger charge is 2.55. The van der Waals surface area contributed by atoms with Crippen LogP contribution in [0.5, 0.6) is 0 Å². The Hall–Kier alpha value is -13.0. The second-order valence-electron chi connectivity index (χ2n) is 33.7. The van der Waals surface area contributed by atoms with Crippen LogP contribution >= 0.6 is 11.6 Å². The fourth-order valence-corrected chi connectivity index (χ4v) is 19.7. The van der Waals surface area contributed by atoms with E-state index in [2.05, 4.69) is 204 Å². The van der Waals surface area contributed by atoms with Gasteiger partial charge in [-0.05, 0) is 203 Å². The second-order valence-corrected chi connectivity index (χ2v) is 34.1. The van der Waals surface area contributed by atoms with Crippen LogP contribution in [0.2, 0.25) is 5.02 Å². The summed E-state index contributed by atoms with van der Waals surface area (Å²) in [5.41, 5.74) is 28.2. The van der Waals surface area contributed by atoms with Gasteiger partial charge in [0.05, 0.1) is 11.2 Å². The Balaban J connectivity index is 0.000000119. The summed E-state index contributed by atoms with van der Waals surface area (Å²) in [5, 5.41) is 5.03. The van der Waals surface area contributed by atoms with Gasteiger partial charge in [0.1, 0.15) is 22.3 Å². The number of halogens is 1. The first-order valence-electron chi connectivity index (χ1n) is 42.2. The highest BCUT2D eigenvalue weighted by molar-refractivity contribution is 6.63. The molecule has 18 aromatic rings. The third kappa shape index (κ3) is 13.3. The van der Waals surface area contributed by atoms with Crippen LogP contribution in [-0.4, -0.2) is 48.2 Å². The Morgan fingerprint density at radius 2 is 0.592 bits per heavy atom. The monoisotopic (exact) mass is 1580 g/mol. The first-order chi connectivity index (χ1) is 58.8. The summed E-state index contributed by atoms with van der Waals surface area (Å²) in [7, 11) is -0.293. The van der Waals surface area contributed by atoms with Gasteiger partial charge in [0, 0.05) is 70.8 Å². The molecular weight excluding hydrogens is 1490 g/mol. The van der Waals surface area contributed by atoms with Crippen LogP contribution in [0.15, 0.2) is 336 Å². The summed E-state index contributed by atoms with van der Waals surface area (Å²) in [4.78, 5) is 29.8. The van der Waals surface area contributed by atoms with Gasteiger partial charge in [-0.3, -0.25) is 0 Å². The molecule has 120 heavy (non-hydrogen) atoms. The van der Waals surface area contributed by atoms with E-state index >= 15 is 0 Å². The summed E-state index contributed by atoms with van der Waals surface area (Å²) < 4.78 is 25.4. The Kier molecular flexibility index (Phi) is 18.9. The zero-order chi connectivity index (χ0) is 80.7. The van der Waals surface area contributed by atoms with Crippen molar-refractivity contribution in [2.75, 3.05) is 0 Å². The lowest BCUT2D eigenvalue weighted by Crippen LogP contribution is -2.42. The van der Waals surface area contributed by atoms with E-state index in [-0.39, 0.29) is 29.2 Å². The van der Waals surface area contributed by atoms with E-state index in [1.807, 2.05) is 152 Å². The van der Waals surface area contributed by atoms with E-state index in [9.17, 15) is 0 Å². The largest absolute Gasteiger partial charge is 0.495 e. The van der Waals surface area contributed by atoms with Crippen molar-refractivity contribution in [1.29, 1.82) is 0 Å². The maximum Gasteiger partial charge on any atom is 0.495 e. The van der Waals surface area contributed by atoms with E-state index in [1.54, 1.807) is 0 Å². The zero-order valence-electron chi connectivity index (χ0n) is 67.5. The molecular formula is C108H86BClN6O4. The Morgan fingerprint density at radius 1 is 0.258 bits per heavy atom. The van der Waals surface area contributed by atoms with E-state index in [1.165, 1.54) is 125 Å². The molecule has 0 amide bonds. The minimum atomic E-state index is -0.314. The minimum Gasteiger partial charge on any atom is -0.456 e. The van der Waals surface area contributed by atoms with Crippen LogP contribution < -0.4 is 5.46 Å². The Labute approximate surface area is 704 Å². The van der Waals surface area contributed by atoms with Gasteiger partial charge in [0.2, 0.25) is 0 Å². The molecule has 1 aliphatic heterocycles. The van der Waals surface area contributed by atoms with Gasteiger partial charge in [-0.2, -0.15) is 0 Å². The number of hydrogen-bond acceptors (Lipinski definition) is 10. The fraction of sp³-hybridized carbons (Fsp3) is 0.167. The van der Waals surface area contributed by atoms with E-state index in [0.29, 0.717) is 40.0 Å². The van der Waals surface area contributed by atoms with Gasteiger partial charge in [0.25, 0.3) is 0 Å². The van der Waals surface area contributed by atoms with Crippen molar-refractivity contribution in [2.24, 2.45) is 0 Å². The highest BCUT2D eigenvalue weighted by atomic mass is 35.5. The average molecular weight is 1580 g/mol. The number of aromatic nitrogens is 6. The molecule has 2 saturated carbocycles. The van der Waals surface area contributed by atoms with Crippen molar-refractivity contribution in [2.45, 2.75) is 114 Å². The predicted molar refractivity (Wildman–Crippen MR) is 489 cm³/mol. The molecule has 2 spiro atoms. The molecule has 0 unspecified atom stereocenters. The van der Waals surface area contributed by atoms with Crippen molar-refractivity contribution in [3.63, 3.8) is 0 Å². The third-order valence-corrected chi connectivity index (χ3v) is 26.3. The Bertz CT molecular complexity index is 6990. The van der Waals surface area contributed by atoms with Gasteiger partial charge in [0.15, 0.2) is 34.9 Å². The zero-order valence-corrected chi connectivity index (χ0v) is 68.3. The van der Waals surface area contributed by atoms with Gasteiger partial charge in [-0.15, -0.1) is 0 Å². The number of furan rings is 2. The molecule has 23 rings (SSSR count). The number of hydrogen-bond donors (Lipinski definition) is 0. The molecule has 10 nitrogen and oxygen atoms in total. The van der Waals surface area contributed by atoms with E-state index < -0.39 is 0 Å². The van der Waals surface area contributed by atoms with Crippen LogP contribution in [0.3, 0.4) is 0 Å². The predicted octanol–water partition coefficient (Wildman–Crippen LogP) is 27.6. The molecule has 582 valence electrons. The van der Waals surface area contributed by atoms with Crippen LogP contribution in [-0.2, 0) is 20.1 Å². The molecule has 0 bridgehead atoms. The van der Waals surface area contributed by atoms with Crippen LogP contribution in [0.25, 0.3) is 168 Å². The molecule has 0 radical (unpaired) electrons. The van der Waals surface area contributed by atoms with Crippen molar-refractivity contribution in [3.8, 4) is 124 Å². The minimum absolute atomic E-state index is 0.0818. The van der Waals surface area contributed by atoms with Crippen LogP contribution in [0.1, 0.15) is 114 Å².